The van der Waals surface area contributed by atoms with Crippen molar-refractivity contribution in [3.8, 4) is 5.75 Å². The zero-order chi connectivity index (χ0) is 21.0. The summed E-state index contributed by atoms with van der Waals surface area (Å²) < 4.78 is 32.1. The lowest BCUT2D eigenvalue weighted by Crippen LogP contribution is -2.50. The van der Waals surface area contributed by atoms with Crippen LogP contribution in [0.3, 0.4) is 0 Å². The zero-order valence-corrected chi connectivity index (χ0v) is 17.9. The van der Waals surface area contributed by atoms with Crippen molar-refractivity contribution in [3.05, 3.63) is 64.7 Å². The van der Waals surface area contributed by atoms with Crippen molar-refractivity contribution in [2.45, 2.75) is 11.8 Å². The first-order valence-corrected chi connectivity index (χ1v) is 11.0. The molecule has 0 bridgehead atoms. The fourth-order valence-corrected chi connectivity index (χ4v) is 4.64. The van der Waals surface area contributed by atoms with Gasteiger partial charge in [-0.2, -0.15) is 4.31 Å². The molecule has 0 saturated carbocycles. The highest BCUT2D eigenvalue weighted by atomic mass is 35.5. The molecule has 0 unspecified atom stereocenters. The molecule has 0 atom stereocenters. The van der Waals surface area contributed by atoms with Crippen LogP contribution >= 0.6 is 11.6 Å². The first-order chi connectivity index (χ1) is 13.8. The number of sulfonamides is 1. The molecule has 1 amide bonds. The summed E-state index contributed by atoms with van der Waals surface area (Å²) in [5, 5.41) is 0.650. The van der Waals surface area contributed by atoms with Crippen LogP contribution in [0.25, 0.3) is 6.08 Å². The van der Waals surface area contributed by atoms with Gasteiger partial charge in [-0.05, 0) is 54.5 Å². The third-order valence-electron chi connectivity index (χ3n) is 4.86. The average molecular weight is 435 g/mol. The molecule has 2 aromatic rings. The highest BCUT2D eigenvalue weighted by Gasteiger charge is 2.29. The van der Waals surface area contributed by atoms with E-state index in [1.165, 1.54) is 29.6 Å². The molecule has 1 aliphatic heterocycles. The molecule has 0 N–H and O–H groups in total. The molecule has 3 rings (SSSR count). The van der Waals surface area contributed by atoms with E-state index in [9.17, 15) is 13.2 Å². The van der Waals surface area contributed by atoms with Crippen LogP contribution in [-0.4, -0.2) is 56.8 Å². The molecule has 0 aromatic heterocycles. The van der Waals surface area contributed by atoms with Gasteiger partial charge in [0.25, 0.3) is 0 Å². The Morgan fingerprint density at radius 1 is 1.07 bits per heavy atom. The second-order valence-corrected chi connectivity index (χ2v) is 9.09. The van der Waals surface area contributed by atoms with E-state index in [0.29, 0.717) is 23.9 Å². The number of aryl methyl sites for hydroxylation is 1. The van der Waals surface area contributed by atoms with Crippen molar-refractivity contribution >= 4 is 33.6 Å². The normalized spacial score (nSPS) is 15.6. The Kier molecular flexibility index (Phi) is 6.62. The SMILES string of the molecule is COc1ccc(S(=O)(=O)N2CCN(C(=O)/C=C/c3ccc(C)c(Cl)c3)CC2)cc1. The van der Waals surface area contributed by atoms with E-state index in [4.69, 9.17) is 16.3 Å². The van der Waals surface area contributed by atoms with E-state index < -0.39 is 10.0 Å². The molecule has 0 aliphatic carbocycles. The van der Waals surface area contributed by atoms with Crippen molar-refractivity contribution in [3.63, 3.8) is 0 Å². The number of benzene rings is 2. The minimum absolute atomic E-state index is 0.150. The molecule has 0 spiro atoms. The van der Waals surface area contributed by atoms with Gasteiger partial charge in [0.05, 0.1) is 12.0 Å². The fraction of sp³-hybridized carbons (Fsp3) is 0.286. The van der Waals surface area contributed by atoms with Crippen LogP contribution in [0.15, 0.2) is 53.4 Å². The van der Waals surface area contributed by atoms with E-state index in [0.717, 1.165) is 11.1 Å². The third-order valence-corrected chi connectivity index (χ3v) is 7.18. The molecule has 2 aromatic carbocycles. The minimum atomic E-state index is -3.59. The summed E-state index contributed by atoms with van der Waals surface area (Å²) in [4.78, 5) is 14.3. The maximum Gasteiger partial charge on any atom is 0.246 e. The molecule has 1 aliphatic rings. The Morgan fingerprint density at radius 3 is 2.31 bits per heavy atom. The number of ether oxygens (including phenoxy) is 1. The minimum Gasteiger partial charge on any atom is -0.497 e. The fourth-order valence-electron chi connectivity index (χ4n) is 3.03. The summed E-state index contributed by atoms with van der Waals surface area (Å²) >= 11 is 6.11. The number of methoxy groups -OCH3 is 1. The van der Waals surface area contributed by atoms with Gasteiger partial charge >= 0.3 is 0 Å². The molecule has 0 radical (unpaired) electrons. The van der Waals surface area contributed by atoms with Crippen LogP contribution in [0.1, 0.15) is 11.1 Å². The summed E-state index contributed by atoms with van der Waals surface area (Å²) in [6.07, 6.45) is 3.21. The Hall–Kier alpha value is -2.35. The number of hydrogen-bond acceptors (Lipinski definition) is 4. The number of piperazine rings is 1. The van der Waals surface area contributed by atoms with Crippen molar-refractivity contribution in [2.24, 2.45) is 0 Å². The largest absolute Gasteiger partial charge is 0.497 e. The number of amides is 1. The van der Waals surface area contributed by atoms with Crippen LogP contribution in [0.4, 0.5) is 0 Å². The smallest absolute Gasteiger partial charge is 0.246 e. The summed E-state index contributed by atoms with van der Waals surface area (Å²) in [5.74, 6) is 0.448. The van der Waals surface area contributed by atoms with Crippen LogP contribution in [-0.2, 0) is 14.8 Å². The van der Waals surface area contributed by atoms with Gasteiger partial charge < -0.3 is 9.64 Å². The molecule has 1 fully saturated rings. The number of hydrogen-bond donors (Lipinski definition) is 0. The monoisotopic (exact) mass is 434 g/mol. The topological polar surface area (TPSA) is 66.9 Å². The zero-order valence-electron chi connectivity index (χ0n) is 16.3. The Morgan fingerprint density at radius 2 is 1.72 bits per heavy atom. The van der Waals surface area contributed by atoms with Gasteiger partial charge in [0.1, 0.15) is 5.75 Å². The van der Waals surface area contributed by atoms with Crippen LogP contribution in [0, 0.1) is 6.92 Å². The van der Waals surface area contributed by atoms with Crippen molar-refractivity contribution in [1.29, 1.82) is 0 Å². The van der Waals surface area contributed by atoms with Gasteiger partial charge in [-0.1, -0.05) is 23.7 Å². The maximum absolute atomic E-state index is 12.8. The Balaban J connectivity index is 1.61. The van der Waals surface area contributed by atoms with Gasteiger partial charge in [-0.3, -0.25) is 4.79 Å². The van der Waals surface area contributed by atoms with Gasteiger partial charge in [-0.25, -0.2) is 8.42 Å². The first-order valence-electron chi connectivity index (χ1n) is 9.18. The summed E-state index contributed by atoms with van der Waals surface area (Å²) in [6.45, 7) is 3.11. The van der Waals surface area contributed by atoms with Crippen LogP contribution in [0.5, 0.6) is 5.75 Å². The standard InChI is InChI=1S/C21H23ClN2O4S/c1-16-3-4-17(15-20(16)22)5-10-21(25)23-11-13-24(14-12-23)29(26,27)19-8-6-18(28-2)7-9-19/h3-10,15H,11-14H2,1-2H3/b10-5+. The van der Waals surface area contributed by atoms with E-state index >= 15 is 0 Å². The first kappa shape index (κ1) is 21.4. The summed E-state index contributed by atoms with van der Waals surface area (Å²) in [5.41, 5.74) is 1.82. The lowest BCUT2D eigenvalue weighted by atomic mass is 10.1. The Labute approximate surface area is 176 Å². The maximum atomic E-state index is 12.8. The molecule has 8 heteroatoms. The van der Waals surface area contributed by atoms with Crippen LogP contribution < -0.4 is 4.74 Å². The highest BCUT2D eigenvalue weighted by molar-refractivity contribution is 7.89. The summed E-state index contributed by atoms with van der Waals surface area (Å²) in [7, 11) is -2.06. The quantitative estimate of drug-likeness (QED) is 0.678. The predicted molar refractivity (Wildman–Crippen MR) is 114 cm³/mol. The van der Waals surface area contributed by atoms with E-state index in [1.54, 1.807) is 29.2 Å². The van der Waals surface area contributed by atoms with Crippen molar-refractivity contribution in [2.75, 3.05) is 33.3 Å². The summed E-state index contributed by atoms with van der Waals surface area (Å²) in [6, 6.07) is 11.9. The van der Waals surface area contributed by atoms with Gasteiger partial charge in [-0.15, -0.1) is 0 Å². The molecule has 154 valence electrons. The predicted octanol–water partition coefficient (Wildman–Crippen LogP) is 3.20. The van der Waals surface area contributed by atoms with Crippen molar-refractivity contribution < 1.29 is 17.9 Å². The molecular weight excluding hydrogens is 412 g/mol. The van der Waals surface area contributed by atoms with Crippen LogP contribution in [0.2, 0.25) is 5.02 Å². The van der Waals surface area contributed by atoms with E-state index in [-0.39, 0.29) is 23.9 Å². The third kappa shape index (κ3) is 4.98. The molecule has 1 heterocycles. The molecule has 29 heavy (non-hydrogen) atoms. The Bertz CT molecular complexity index is 1010. The average Bonchev–Trinajstić information content (AvgIpc) is 2.74. The molecular formula is C21H23ClN2O4S. The second-order valence-electron chi connectivity index (χ2n) is 6.75. The molecule has 6 nitrogen and oxygen atoms in total. The number of nitrogens with zero attached hydrogens (tertiary/aromatic N) is 2. The van der Waals surface area contributed by atoms with E-state index in [2.05, 4.69) is 0 Å². The number of rotatable bonds is 5. The van der Waals surface area contributed by atoms with Gasteiger partial charge in [0, 0.05) is 37.3 Å². The number of carbonyl (C=O) groups excluding carboxylic acids is 1. The van der Waals surface area contributed by atoms with Crippen molar-refractivity contribution in [1.82, 2.24) is 9.21 Å². The highest BCUT2D eigenvalue weighted by Crippen LogP contribution is 2.21. The number of halogens is 1. The lowest BCUT2D eigenvalue weighted by Gasteiger charge is -2.33. The van der Waals surface area contributed by atoms with Gasteiger partial charge in [0.15, 0.2) is 0 Å². The lowest BCUT2D eigenvalue weighted by molar-refractivity contribution is -0.127. The second kappa shape index (κ2) is 8.98. The number of carbonyl (C=O) groups is 1. The van der Waals surface area contributed by atoms with Gasteiger partial charge in [0.2, 0.25) is 15.9 Å². The van der Waals surface area contributed by atoms with E-state index in [1.807, 2.05) is 19.1 Å². The molecule has 1 saturated heterocycles.